The standard InChI is InChI=1S/C79H56F6N2O2Si2/c1-90(2,3)49-36-30-45(31-37-49)86(69-28-14-22-58-56-20-12-26-64(78(80,81)82)73(56)88-75(58)69)47-34-40-53-54-41-35-48(87(46-32-38-50(39-33-46)91(4,5)6)70-29-15-23-59-57-21-13-27-65(79(83,84)85)74(57)89-76(59)70)43-67(54)77(66(53)42-47)63-25-10-9-18-60(63)72-61-24-11-19-55-51-16-7-8-17-52(51)62(71(55)61)44-68(72)77/h7-44H,1-6H3. The zero-order valence-electron chi connectivity index (χ0n) is 50.4. The summed E-state index contributed by atoms with van der Waals surface area (Å²) in [6.07, 6.45) is -9.33. The van der Waals surface area contributed by atoms with E-state index in [1.165, 1.54) is 39.0 Å². The summed E-state index contributed by atoms with van der Waals surface area (Å²) in [7, 11) is -3.63. The third kappa shape index (κ3) is 7.94. The highest BCUT2D eigenvalue weighted by Gasteiger charge is 2.53. The second-order valence-electron chi connectivity index (χ2n) is 26.5. The Labute approximate surface area is 522 Å². The number of hydrogen-bond acceptors (Lipinski definition) is 4. The first kappa shape index (κ1) is 55.2. The lowest BCUT2D eigenvalue weighted by Gasteiger charge is -2.33. The summed E-state index contributed by atoms with van der Waals surface area (Å²) in [4.78, 5) is 4.26. The maximum atomic E-state index is 14.9. The van der Waals surface area contributed by atoms with E-state index in [1.807, 2.05) is 36.4 Å². The molecule has 14 aromatic rings. The molecule has 0 saturated heterocycles. The van der Waals surface area contributed by atoms with Crippen LogP contribution in [-0.2, 0) is 17.8 Å². The molecule has 0 bridgehead atoms. The van der Waals surface area contributed by atoms with Gasteiger partial charge in [0.05, 0.1) is 44.1 Å². The molecular formula is C79H56F6N2O2Si2. The van der Waals surface area contributed by atoms with Crippen LogP contribution >= 0.6 is 0 Å². The van der Waals surface area contributed by atoms with Crippen molar-refractivity contribution in [3.8, 4) is 44.5 Å². The molecular weight excluding hydrogens is 1180 g/mol. The lowest BCUT2D eigenvalue weighted by molar-refractivity contribution is -0.137. The van der Waals surface area contributed by atoms with Crippen LogP contribution in [0.2, 0.25) is 39.3 Å². The molecule has 0 radical (unpaired) electrons. The molecule has 91 heavy (non-hydrogen) atoms. The predicted octanol–water partition coefficient (Wildman–Crippen LogP) is 22.7. The third-order valence-electron chi connectivity index (χ3n) is 19.4. The van der Waals surface area contributed by atoms with Crippen LogP contribution in [-0.4, -0.2) is 16.1 Å². The minimum absolute atomic E-state index is 0.224. The van der Waals surface area contributed by atoms with Gasteiger partial charge in [0.1, 0.15) is 11.2 Å². The maximum absolute atomic E-state index is 14.9. The van der Waals surface area contributed by atoms with E-state index in [0.717, 1.165) is 95.9 Å². The molecule has 2 heterocycles. The molecule has 1 spiro atoms. The second kappa shape index (κ2) is 19.1. The largest absolute Gasteiger partial charge is 0.453 e. The highest BCUT2D eigenvalue weighted by molar-refractivity contribution is 6.89. The number of anilines is 6. The average molecular weight is 1240 g/mol. The minimum Gasteiger partial charge on any atom is -0.453 e. The van der Waals surface area contributed by atoms with Crippen LogP contribution in [0.25, 0.3) is 99.2 Å². The van der Waals surface area contributed by atoms with Crippen LogP contribution in [0.1, 0.15) is 33.4 Å². The van der Waals surface area contributed by atoms with Crippen LogP contribution in [0.15, 0.2) is 239 Å². The molecule has 2 aromatic heterocycles. The Morgan fingerprint density at radius 1 is 0.319 bits per heavy atom. The zero-order chi connectivity index (χ0) is 62.4. The first-order chi connectivity index (χ1) is 43.7. The van der Waals surface area contributed by atoms with Crippen molar-refractivity contribution < 1.29 is 35.2 Å². The Bertz CT molecular complexity index is 5190. The SMILES string of the molecule is C[Si](C)(C)c1ccc(N(c2ccc3c(c2)C2(c4cc(N(c5ccc([Si](C)(C)C)cc5)c5cccc6c5oc5c(C(F)(F)F)cccc56)ccc4-3)c3ccccc3-c3c2cc2c4c(cccc34)-c3ccccc3-2)c2cccc3c2oc2c(C(F)(F)F)cccc23)cc1. The van der Waals surface area contributed by atoms with Gasteiger partial charge >= 0.3 is 12.4 Å². The monoisotopic (exact) mass is 1230 g/mol. The molecule has 17 rings (SSSR count). The number of alkyl halides is 6. The Morgan fingerprint density at radius 2 is 0.714 bits per heavy atom. The van der Waals surface area contributed by atoms with Crippen molar-refractivity contribution in [3.05, 3.63) is 264 Å². The van der Waals surface area contributed by atoms with E-state index in [4.69, 9.17) is 8.83 Å². The van der Waals surface area contributed by atoms with Crippen LogP contribution in [0, 0.1) is 0 Å². The quantitative estimate of drug-likeness (QED) is 0.112. The van der Waals surface area contributed by atoms with E-state index in [0.29, 0.717) is 44.1 Å². The second-order valence-corrected chi connectivity index (χ2v) is 36.7. The van der Waals surface area contributed by atoms with Gasteiger partial charge in [-0.25, -0.2) is 0 Å². The topological polar surface area (TPSA) is 32.8 Å². The van der Waals surface area contributed by atoms with Crippen molar-refractivity contribution in [2.45, 2.75) is 57.0 Å². The lowest BCUT2D eigenvalue weighted by Crippen LogP contribution is -2.37. The van der Waals surface area contributed by atoms with Crippen LogP contribution in [0.5, 0.6) is 0 Å². The van der Waals surface area contributed by atoms with Crippen LogP contribution in [0.3, 0.4) is 0 Å². The highest BCUT2D eigenvalue weighted by atomic mass is 28.3. The van der Waals surface area contributed by atoms with E-state index < -0.39 is 45.0 Å². The summed E-state index contributed by atoms with van der Waals surface area (Å²) in [5.41, 5.74) is 14.7. The summed E-state index contributed by atoms with van der Waals surface area (Å²) < 4.78 is 103. The number of hydrogen-bond donors (Lipinski definition) is 0. The zero-order valence-corrected chi connectivity index (χ0v) is 52.4. The van der Waals surface area contributed by atoms with Gasteiger partial charge in [0.2, 0.25) is 0 Å². The van der Waals surface area contributed by atoms with E-state index in [-0.39, 0.29) is 11.2 Å². The summed E-state index contributed by atoms with van der Waals surface area (Å²) >= 11 is 0. The minimum atomic E-state index is -4.66. The number of benzene rings is 12. The molecule has 0 amide bonds. The highest BCUT2D eigenvalue weighted by Crippen LogP contribution is 2.67. The van der Waals surface area contributed by atoms with E-state index in [9.17, 15) is 26.3 Å². The van der Waals surface area contributed by atoms with Crippen molar-refractivity contribution in [1.82, 2.24) is 0 Å². The number of furan rings is 2. The van der Waals surface area contributed by atoms with E-state index >= 15 is 0 Å². The molecule has 3 aliphatic rings. The van der Waals surface area contributed by atoms with Crippen molar-refractivity contribution >= 4 is 115 Å². The molecule has 4 nitrogen and oxygen atoms in total. The van der Waals surface area contributed by atoms with Crippen molar-refractivity contribution in [2.24, 2.45) is 0 Å². The fraction of sp³-hybridized carbons (Fsp3) is 0.114. The fourth-order valence-corrected chi connectivity index (χ4v) is 17.6. The number of fused-ring (bicyclic) bond motifs is 20. The summed E-state index contributed by atoms with van der Waals surface area (Å²) in [5, 5.41) is 6.67. The number of halogens is 6. The van der Waals surface area contributed by atoms with Gasteiger partial charge < -0.3 is 18.6 Å². The fourth-order valence-electron chi connectivity index (χ4n) is 15.3. The molecule has 0 atom stereocenters. The number of para-hydroxylation sites is 4. The number of nitrogens with zero attached hydrogens (tertiary/aromatic N) is 2. The van der Waals surface area contributed by atoms with Crippen molar-refractivity contribution in [2.75, 3.05) is 9.80 Å². The van der Waals surface area contributed by atoms with Gasteiger partial charge in [0.15, 0.2) is 11.2 Å². The summed E-state index contributed by atoms with van der Waals surface area (Å²) in [6, 6.07) is 76.3. The van der Waals surface area contributed by atoms with Gasteiger partial charge in [-0.2, -0.15) is 26.3 Å². The van der Waals surface area contributed by atoms with Crippen molar-refractivity contribution in [3.63, 3.8) is 0 Å². The maximum Gasteiger partial charge on any atom is 0.420 e. The van der Waals surface area contributed by atoms with Gasteiger partial charge in [0, 0.05) is 44.3 Å². The predicted molar refractivity (Wildman–Crippen MR) is 365 cm³/mol. The molecule has 0 N–H and O–H groups in total. The first-order valence-electron chi connectivity index (χ1n) is 30.6. The first-order valence-corrected chi connectivity index (χ1v) is 37.6. The third-order valence-corrected chi connectivity index (χ3v) is 23.5. The normalized spacial score (nSPS) is 13.8. The Kier molecular flexibility index (Phi) is 11.6. The smallest absolute Gasteiger partial charge is 0.420 e. The molecule has 0 aliphatic heterocycles. The van der Waals surface area contributed by atoms with Gasteiger partial charge in [-0.1, -0.05) is 201 Å². The van der Waals surface area contributed by atoms with Gasteiger partial charge in [-0.15, -0.1) is 0 Å². The summed E-state index contributed by atoms with van der Waals surface area (Å²) in [6.45, 7) is 13.8. The molecule has 12 aromatic carbocycles. The van der Waals surface area contributed by atoms with Crippen molar-refractivity contribution in [1.29, 1.82) is 0 Å². The molecule has 0 saturated carbocycles. The lowest BCUT2D eigenvalue weighted by atomic mass is 9.70. The number of rotatable bonds is 8. The Balaban J connectivity index is 0.967. The molecule has 444 valence electrons. The Hall–Kier alpha value is -9.89. The molecule has 0 fully saturated rings. The van der Waals surface area contributed by atoms with E-state index in [1.54, 1.807) is 12.1 Å². The van der Waals surface area contributed by atoms with Crippen LogP contribution < -0.4 is 20.2 Å². The van der Waals surface area contributed by atoms with E-state index in [2.05, 4.69) is 207 Å². The average Bonchev–Trinajstić information content (AvgIpc) is 1.50. The van der Waals surface area contributed by atoms with Gasteiger partial charge in [0.25, 0.3) is 0 Å². The van der Waals surface area contributed by atoms with Crippen LogP contribution in [0.4, 0.5) is 60.5 Å². The van der Waals surface area contributed by atoms with Gasteiger partial charge in [-0.3, -0.25) is 0 Å². The molecule has 3 aliphatic carbocycles. The molecule has 0 unspecified atom stereocenters. The van der Waals surface area contributed by atoms with Gasteiger partial charge in [-0.05, 0) is 156 Å². The summed E-state index contributed by atoms with van der Waals surface area (Å²) in [5.74, 6) is 0. The molecule has 12 heteroatoms. The Morgan fingerprint density at radius 3 is 1.19 bits per heavy atom.